The van der Waals surface area contributed by atoms with Crippen LogP contribution < -0.4 is 4.90 Å². The number of nitrogens with zero attached hydrogens (tertiary/aromatic N) is 2. The van der Waals surface area contributed by atoms with Crippen molar-refractivity contribution in [2.45, 2.75) is 37.0 Å². The lowest BCUT2D eigenvalue weighted by molar-refractivity contribution is -0.142. The molecule has 46 heavy (non-hydrogen) atoms. The van der Waals surface area contributed by atoms with E-state index in [-0.39, 0.29) is 49.8 Å². The maximum Gasteiger partial charge on any atom is 0.303 e. The molecular weight excluding hydrogens is 608 g/mol. The molecule has 4 aliphatic rings. The Morgan fingerprint density at radius 3 is 2.35 bits per heavy atom. The van der Waals surface area contributed by atoms with Gasteiger partial charge in [-0.1, -0.05) is 77.8 Å². The van der Waals surface area contributed by atoms with Crippen molar-refractivity contribution in [1.82, 2.24) is 4.90 Å². The van der Waals surface area contributed by atoms with Crippen LogP contribution in [0.4, 0.5) is 5.69 Å². The number of carboxylic acid groups (broad SMARTS) is 1. The van der Waals surface area contributed by atoms with Gasteiger partial charge >= 0.3 is 5.97 Å². The van der Waals surface area contributed by atoms with E-state index in [0.717, 1.165) is 5.57 Å². The van der Waals surface area contributed by atoms with Crippen LogP contribution in [-0.4, -0.2) is 51.3 Å². The molecule has 0 aromatic heterocycles. The van der Waals surface area contributed by atoms with E-state index in [4.69, 9.17) is 16.7 Å². The van der Waals surface area contributed by atoms with Gasteiger partial charge in [-0.2, -0.15) is 0 Å². The summed E-state index contributed by atoms with van der Waals surface area (Å²) in [5.41, 5.74) is 0.665. The highest BCUT2D eigenvalue weighted by molar-refractivity contribution is 6.32. The molecule has 2 N–H and O–H groups in total. The fourth-order valence-corrected chi connectivity index (χ4v) is 8.68. The highest BCUT2D eigenvalue weighted by Gasteiger charge is 2.70. The van der Waals surface area contributed by atoms with Gasteiger partial charge in [0.25, 0.3) is 0 Å². The highest BCUT2D eigenvalue weighted by Crippen LogP contribution is 2.65. The van der Waals surface area contributed by atoms with Gasteiger partial charge in [-0.25, -0.2) is 4.90 Å². The smallest absolute Gasteiger partial charge is 0.303 e. The third-order valence-electron chi connectivity index (χ3n) is 10.3. The summed E-state index contributed by atoms with van der Waals surface area (Å²) in [6.45, 7) is -0.000730. The second-order valence-electron chi connectivity index (χ2n) is 12.5. The number of halogens is 1. The van der Waals surface area contributed by atoms with Crippen LogP contribution in [0.2, 0.25) is 5.02 Å². The lowest BCUT2D eigenvalue weighted by atomic mass is 9.49. The van der Waals surface area contributed by atoms with Gasteiger partial charge in [0.05, 0.1) is 28.9 Å². The van der Waals surface area contributed by atoms with Crippen LogP contribution in [0, 0.1) is 23.7 Å². The van der Waals surface area contributed by atoms with E-state index in [1.807, 2.05) is 36.4 Å². The number of allylic oxidation sites excluding steroid dienone is 2. The number of fused-ring (bicyclic) bond motifs is 4. The van der Waals surface area contributed by atoms with Gasteiger partial charge in [-0.05, 0) is 55.0 Å². The number of amides is 4. The monoisotopic (exact) mass is 638 g/mol. The number of carbonyl (C=O) groups is 5. The molecule has 2 heterocycles. The van der Waals surface area contributed by atoms with Gasteiger partial charge in [0.15, 0.2) is 0 Å². The summed E-state index contributed by atoms with van der Waals surface area (Å²) in [7, 11) is 0. The molecule has 1 saturated carbocycles. The number of phenols is 1. The van der Waals surface area contributed by atoms with Gasteiger partial charge < -0.3 is 10.2 Å². The average molecular weight is 639 g/mol. The van der Waals surface area contributed by atoms with Crippen molar-refractivity contribution in [1.29, 1.82) is 0 Å². The summed E-state index contributed by atoms with van der Waals surface area (Å²) in [5.74, 6) is -6.43. The molecule has 0 unspecified atom stereocenters. The quantitative estimate of drug-likeness (QED) is 0.273. The van der Waals surface area contributed by atoms with E-state index in [9.17, 15) is 24.3 Å². The first-order chi connectivity index (χ1) is 22.2. The van der Waals surface area contributed by atoms with Crippen molar-refractivity contribution < 1.29 is 34.2 Å². The van der Waals surface area contributed by atoms with Gasteiger partial charge in [0.2, 0.25) is 23.6 Å². The Kier molecular flexibility index (Phi) is 7.31. The number of hydrogen-bond donors (Lipinski definition) is 2. The van der Waals surface area contributed by atoms with Gasteiger partial charge in [0.1, 0.15) is 5.75 Å². The number of imide groups is 2. The summed E-state index contributed by atoms with van der Waals surface area (Å²) in [6, 6.07) is 22.4. The minimum Gasteiger partial charge on any atom is -0.508 e. The zero-order chi connectivity index (χ0) is 32.3. The van der Waals surface area contributed by atoms with E-state index in [0.29, 0.717) is 21.8 Å². The van der Waals surface area contributed by atoms with Crippen molar-refractivity contribution in [2.75, 3.05) is 11.4 Å². The molecule has 234 valence electrons. The van der Waals surface area contributed by atoms with Crippen LogP contribution in [-0.2, 0) is 29.4 Å². The van der Waals surface area contributed by atoms with Crippen molar-refractivity contribution in [3.8, 4) is 5.75 Å². The fraction of sp³-hybridized carbons (Fsp3) is 0.306. The van der Waals surface area contributed by atoms with Crippen LogP contribution in [0.25, 0.3) is 0 Å². The minimum absolute atomic E-state index is 0.000730. The highest BCUT2D eigenvalue weighted by atomic mass is 35.5. The summed E-state index contributed by atoms with van der Waals surface area (Å²) in [5, 5.41) is 20.8. The van der Waals surface area contributed by atoms with E-state index >= 15 is 4.79 Å². The van der Waals surface area contributed by atoms with Crippen molar-refractivity contribution >= 4 is 46.9 Å². The number of hydrogen-bond acceptors (Lipinski definition) is 6. The number of phenolic OH excluding ortho intramolecular Hbond substituents is 1. The first-order valence-corrected chi connectivity index (χ1v) is 15.8. The minimum atomic E-state index is -1.47. The SMILES string of the molecule is O=C(O)CCCN1C(=O)[C@H]2[C@H](CC=C3[C@H]2C[C@H]2C(=O)N(c4cccc(Cl)c4)C(=O)[C@@]2(c2ccccc2)[C@H]3c2ccccc2O)C1=O. The molecule has 0 spiro atoms. The summed E-state index contributed by atoms with van der Waals surface area (Å²) in [4.78, 5) is 70.8. The lowest BCUT2D eigenvalue weighted by Crippen LogP contribution is -2.53. The van der Waals surface area contributed by atoms with Gasteiger partial charge in [-0.15, -0.1) is 0 Å². The number of para-hydroxylation sites is 1. The van der Waals surface area contributed by atoms with E-state index in [2.05, 4.69) is 0 Å². The number of carbonyl (C=O) groups excluding carboxylic acids is 4. The molecule has 2 aliphatic carbocycles. The summed E-state index contributed by atoms with van der Waals surface area (Å²) < 4.78 is 0. The third kappa shape index (κ3) is 4.32. The van der Waals surface area contributed by atoms with Crippen molar-refractivity contribution in [3.63, 3.8) is 0 Å². The zero-order valence-corrected chi connectivity index (χ0v) is 25.5. The maximum atomic E-state index is 15.1. The largest absolute Gasteiger partial charge is 0.508 e. The molecule has 4 amide bonds. The molecule has 2 saturated heterocycles. The fourth-order valence-electron chi connectivity index (χ4n) is 8.49. The molecule has 9 nitrogen and oxygen atoms in total. The van der Waals surface area contributed by atoms with Gasteiger partial charge in [0, 0.05) is 29.5 Å². The second kappa shape index (κ2) is 11.2. The number of carboxylic acids is 1. The van der Waals surface area contributed by atoms with Crippen LogP contribution in [0.5, 0.6) is 5.75 Å². The standard InChI is InChI=1S/C36H31ClN2O7/c37-21-10-6-11-22(18-21)39-33(44)27-19-26-23(15-16-25-30(26)34(45)38(32(25)43)17-7-14-29(41)42)31(24-12-4-5-13-28(24)40)36(27,35(39)46)20-8-2-1-3-9-20/h1-6,8-13,15,18,25-27,30-31,40H,7,14,16-17,19H2,(H,41,42)/t25-,26+,27-,30-,31+,36+/m0/s1. The lowest BCUT2D eigenvalue weighted by Gasteiger charge is -2.50. The Balaban J connectivity index is 1.42. The molecule has 3 aromatic carbocycles. The number of anilines is 1. The molecule has 7 rings (SSSR count). The normalized spacial score (nSPS) is 28.5. The van der Waals surface area contributed by atoms with E-state index in [1.54, 1.807) is 48.5 Å². The first kappa shape index (κ1) is 29.9. The molecule has 3 aromatic rings. The molecule has 10 heteroatoms. The Hall–Kier alpha value is -4.76. The average Bonchev–Trinajstić information content (AvgIpc) is 3.42. The summed E-state index contributed by atoms with van der Waals surface area (Å²) >= 11 is 6.33. The number of aromatic hydroxyl groups is 1. The number of aliphatic carboxylic acids is 1. The van der Waals surface area contributed by atoms with Crippen LogP contribution in [0.15, 0.2) is 90.5 Å². The number of likely N-dealkylation sites (tertiary alicyclic amines) is 1. The Morgan fingerprint density at radius 1 is 0.891 bits per heavy atom. The number of rotatable bonds is 7. The van der Waals surface area contributed by atoms with E-state index in [1.165, 1.54) is 9.80 Å². The molecule has 3 fully saturated rings. The molecular formula is C36H31ClN2O7. The van der Waals surface area contributed by atoms with Gasteiger partial charge in [-0.3, -0.25) is 28.9 Å². The molecule has 0 radical (unpaired) electrons. The van der Waals surface area contributed by atoms with Crippen molar-refractivity contribution in [2.24, 2.45) is 23.7 Å². The third-order valence-corrected chi connectivity index (χ3v) is 10.5. The topological polar surface area (TPSA) is 132 Å². The predicted molar refractivity (Wildman–Crippen MR) is 168 cm³/mol. The predicted octanol–water partition coefficient (Wildman–Crippen LogP) is 5.07. The first-order valence-electron chi connectivity index (χ1n) is 15.4. The Morgan fingerprint density at radius 2 is 1.63 bits per heavy atom. The van der Waals surface area contributed by atoms with Crippen LogP contribution in [0.3, 0.4) is 0 Å². The van der Waals surface area contributed by atoms with Crippen LogP contribution in [0.1, 0.15) is 42.7 Å². The van der Waals surface area contributed by atoms with E-state index < -0.39 is 52.8 Å². The second-order valence-corrected chi connectivity index (χ2v) is 12.9. The number of benzene rings is 3. The Bertz CT molecular complexity index is 1820. The molecule has 2 aliphatic heterocycles. The maximum absolute atomic E-state index is 15.1. The Labute approximate surface area is 270 Å². The summed E-state index contributed by atoms with van der Waals surface area (Å²) in [6.07, 6.45) is 2.27. The molecule has 0 bridgehead atoms. The molecule has 6 atom stereocenters. The van der Waals surface area contributed by atoms with Crippen LogP contribution >= 0.6 is 11.6 Å². The zero-order valence-electron chi connectivity index (χ0n) is 24.7. The van der Waals surface area contributed by atoms with Crippen molar-refractivity contribution in [3.05, 3.63) is 107 Å².